The Labute approximate surface area is 152 Å². The van der Waals surface area contributed by atoms with Crippen LogP contribution in [-0.2, 0) is 16.0 Å². The first-order valence-corrected chi connectivity index (χ1v) is 8.81. The molecular weight excluding hydrogens is 331 g/mol. The van der Waals surface area contributed by atoms with Crippen LogP contribution in [0.25, 0.3) is 0 Å². The van der Waals surface area contributed by atoms with Crippen molar-refractivity contribution in [3.05, 3.63) is 65.0 Å². The molecule has 1 aliphatic carbocycles. The SMILES string of the molecule is Cc1cc(C)cc(NC(=O)C2(C(=O)NCCc3ccc(F)cc3)CC2)c1. The number of carbonyl (C=O) groups excluding carboxylic acids is 2. The lowest BCUT2D eigenvalue weighted by atomic mass is 10.0. The van der Waals surface area contributed by atoms with Crippen LogP contribution in [0.1, 0.15) is 29.5 Å². The van der Waals surface area contributed by atoms with E-state index in [0.717, 1.165) is 22.4 Å². The molecule has 0 saturated heterocycles. The van der Waals surface area contributed by atoms with E-state index >= 15 is 0 Å². The molecule has 1 aliphatic rings. The zero-order valence-electron chi connectivity index (χ0n) is 15.1. The van der Waals surface area contributed by atoms with Gasteiger partial charge in [0, 0.05) is 12.2 Å². The van der Waals surface area contributed by atoms with E-state index in [0.29, 0.717) is 25.8 Å². The molecule has 2 amide bonds. The first-order chi connectivity index (χ1) is 12.4. The lowest BCUT2D eigenvalue weighted by Gasteiger charge is -2.16. The van der Waals surface area contributed by atoms with E-state index in [1.54, 1.807) is 12.1 Å². The van der Waals surface area contributed by atoms with Gasteiger partial charge in [-0.25, -0.2) is 4.39 Å². The van der Waals surface area contributed by atoms with E-state index in [1.165, 1.54) is 12.1 Å². The minimum atomic E-state index is -0.958. The number of hydrogen-bond donors (Lipinski definition) is 2. The first-order valence-electron chi connectivity index (χ1n) is 8.81. The van der Waals surface area contributed by atoms with Crippen molar-refractivity contribution >= 4 is 17.5 Å². The number of aryl methyl sites for hydroxylation is 2. The van der Waals surface area contributed by atoms with Crippen LogP contribution in [0.3, 0.4) is 0 Å². The van der Waals surface area contributed by atoms with Crippen LogP contribution < -0.4 is 10.6 Å². The molecule has 2 aromatic rings. The summed E-state index contributed by atoms with van der Waals surface area (Å²) in [6, 6.07) is 12.0. The second-order valence-electron chi connectivity index (χ2n) is 7.04. The molecule has 2 N–H and O–H groups in total. The van der Waals surface area contributed by atoms with Crippen LogP contribution in [0.2, 0.25) is 0 Å². The molecule has 4 nitrogen and oxygen atoms in total. The van der Waals surface area contributed by atoms with Crippen LogP contribution in [0.4, 0.5) is 10.1 Å². The van der Waals surface area contributed by atoms with Crippen molar-refractivity contribution in [1.82, 2.24) is 5.32 Å². The van der Waals surface area contributed by atoms with Crippen LogP contribution >= 0.6 is 0 Å². The Kier molecular flexibility index (Phi) is 5.07. The number of rotatable bonds is 6. The van der Waals surface area contributed by atoms with Crippen LogP contribution in [0.15, 0.2) is 42.5 Å². The van der Waals surface area contributed by atoms with Gasteiger partial charge in [-0.3, -0.25) is 9.59 Å². The molecule has 136 valence electrons. The van der Waals surface area contributed by atoms with Gasteiger partial charge in [0.25, 0.3) is 0 Å². The number of halogens is 1. The van der Waals surface area contributed by atoms with Crippen molar-refractivity contribution in [2.75, 3.05) is 11.9 Å². The summed E-state index contributed by atoms with van der Waals surface area (Å²) in [6.07, 6.45) is 1.72. The van der Waals surface area contributed by atoms with Gasteiger partial charge in [0.15, 0.2) is 0 Å². The molecule has 0 bridgehead atoms. The zero-order valence-corrected chi connectivity index (χ0v) is 15.1. The second-order valence-corrected chi connectivity index (χ2v) is 7.04. The Bertz CT molecular complexity index is 806. The summed E-state index contributed by atoms with van der Waals surface area (Å²) >= 11 is 0. The largest absolute Gasteiger partial charge is 0.355 e. The van der Waals surface area contributed by atoms with E-state index in [-0.39, 0.29) is 17.6 Å². The molecule has 2 aromatic carbocycles. The topological polar surface area (TPSA) is 58.2 Å². The molecule has 3 rings (SSSR count). The van der Waals surface area contributed by atoms with Crippen molar-refractivity contribution in [1.29, 1.82) is 0 Å². The Balaban J connectivity index is 1.56. The highest BCUT2D eigenvalue weighted by atomic mass is 19.1. The van der Waals surface area contributed by atoms with Crippen LogP contribution in [0.5, 0.6) is 0 Å². The van der Waals surface area contributed by atoms with Gasteiger partial charge in [0.1, 0.15) is 11.2 Å². The monoisotopic (exact) mass is 354 g/mol. The molecular formula is C21H23FN2O2. The lowest BCUT2D eigenvalue weighted by Crippen LogP contribution is -2.40. The van der Waals surface area contributed by atoms with Crippen molar-refractivity contribution in [2.24, 2.45) is 5.41 Å². The van der Waals surface area contributed by atoms with Crippen molar-refractivity contribution in [3.63, 3.8) is 0 Å². The molecule has 0 radical (unpaired) electrons. The molecule has 0 aliphatic heterocycles. The van der Waals surface area contributed by atoms with Gasteiger partial charge in [0.05, 0.1) is 0 Å². The summed E-state index contributed by atoms with van der Waals surface area (Å²) in [5, 5.41) is 5.72. The average Bonchev–Trinajstić information content (AvgIpc) is 3.37. The lowest BCUT2D eigenvalue weighted by molar-refractivity contribution is -0.134. The van der Waals surface area contributed by atoms with Crippen LogP contribution in [-0.4, -0.2) is 18.4 Å². The fraction of sp³-hybridized carbons (Fsp3) is 0.333. The van der Waals surface area contributed by atoms with Gasteiger partial charge in [-0.05, 0) is 74.1 Å². The Morgan fingerprint density at radius 3 is 2.19 bits per heavy atom. The molecule has 5 heteroatoms. The van der Waals surface area contributed by atoms with E-state index < -0.39 is 5.41 Å². The first kappa shape index (κ1) is 18.1. The van der Waals surface area contributed by atoms with Gasteiger partial charge < -0.3 is 10.6 Å². The smallest absolute Gasteiger partial charge is 0.240 e. The van der Waals surface area contributed by atoms with Gasteiger partial charge in [-0.15, -0.1) is 0 Å². The molecule has 0 atom stereocenters. The normalized spacial score (nSPS) is 14.6. The van der Waals surface area contributed by atoms with Gasteiger partial charge in [0.2, 0.25) is 11.8 Å². The van der Waals surface area contributed by atoms with Gasteiger partial charge in [-0.1, -0.05) is 18.2 Å². The zero-order chi connectivity index (χ0) is 18.7. The number of anilines is 1. The summed E-state index contributed by atoms with van der Waals surface area (Å²) in [5.41, 5.74) is 2.83. The van der Waals surface area contributed by atoms with E-state index in [1.807, 2.05) is 32.0 Å². The molecule has 0 unspecified atom stereocenters. The minimum absolute atomic E-state index is 0.235. The fourth-order valence-corrected chi connectivity index (χ4v) is 3.12. The standard InChI is InChI=1S/C21H23FN2O2/c1-14-11-15(2)13-18(12-14)24-20(26)21(8-9-21)19(25)23-10-7-16-3-5-17(22)6-4-16/h3-6,11-13H,7-10H2,1-2H3,(H,23,25)(H,24,26). The third kappa shape index (κ3) is 4.10. The van der Waals surface area contributed by atoms with E-state index in [2.05, 4.69) is 10.6 Å². The Hall–Kier alpha value is -2.69. The van der Waals surface area contributed by atoms with Gasteiger partial charge >= 0.3 is 0 Å². The highest BCUT2D eigenvalue weighted by Gasteiger charge is 2.56. The minimum Gasteiger partial charge on any atom is -0.355 e. The maximum atomic E-state index is 12.9. The molecule has 0 spiro atoms. The summed E-state index contributed by atoms with van der Waals surface area (Å²) in [4.78, 5) is 25.1. The van der Waals surface area contributed by atoms with E-state index in [4.69, 9.17) is 0 Å². The number of benzene rings is 2. The number of nitrogens with one attached hydrogen (secondary N) is 2. The van der Waals surface area contributed by atoms with Crippen molar-refractivity contribution < 1.29 is 14.0 Å². The fourth-order valence-electron chi connectivity index (χ4n) is 3.12. The molecule has 0 heterocycles. The third-order valence-electron chi connectivity index (χ3n) is 4.71. The highest BCUT2D eigenvalue weighted by Crippen LogP contribution is 2.46. The molecule has 1 fully saturated rings. The molecule has 26 heavy (non-hydrogen) atoms. The highest BCUT2D eigenvalue weighted by molar-refractivity contribution is 6.13. The summed E-state index contributed by atoms with van der Waals surface area (Å²) in [7, 11) is 0. The molecule has 1 saturated carbocycles. The predicted octanol–water partition coefficient (Wildman–Crippen LogP) is 3.52. The number of amides is 2. The maximum Gasteiger partial charge on any atom is 0.240 e. The third-order valence-corrected chi connectivity index (χ3v) is 4.71. The van der Waals surface area contributed by atoms with Gasteiger partial charge in [-0.2, -0.15) is 0 Å². The quantitative estimate of drug-likeness (QED) is 0.780. The van der Waals surface area contributed by atoms with Crippen LogP contribution in [0, 0.1) is 25.1 Å². The Morgan fingerprint density at radius 1 is 1.00 bits per heavy atom. The Morgan fingerprint density at radius 2 is 1.62 bits per heavy atom. The number of hydrogen-bond acceptors (Lipinski definition) is 2. The van der Waals surface area contributed by atoms with E-state index in [9.17, 15) is 14.0 Å². The maximum absolute atomic E-state index is 12.9. The average molecular weight is 354 g/mol. The van der Waals surface area contributed by atoms with Crippen molar-refractivity contribution in [2.45, 2.75) is 33.1 Å². The predicted molar refractivity (Wildman–Crippen MR) is 99.3 cm³/mol. The summed E-state index contributed by atoms with van der Waals surface area (Å²) in [5.74, 6) is -0.763. The summed E-state index contributed by atoms with van der Waals surface area (Å²) in [6.45, 7) is 4.36. The molecule has 0 aromatic heterocycles. The second kappa shape index (κ2) is 7.28. The van der Waals surface area contributed by atoms with Crippen molar-refractivity contribution in [3.8, 4) is 0 Å². The number of carbonyl (C=O) groups is 2. The summed E-state index contributed by atoms with van der Waals surface area (Å²) < 4.78 is 12.9.